The van der Waals surface area contributed by atoms with Crippen molar-refractivity contribution >= 4 is 17.8 Å². The van der Waals surface area contributed by atoms with Crippen LogP contribution in [0.3, 0.4) is 0 Å². The van der Waals surface area contributed by atoms with Crippen molar-refractivity contribution in [2.75, 3.05) is 6.54 Å². The maximum Gasteiger partial charge on any atom is 0.324 e. The minimum Gasteiger partial charge on any atom is -0.353 e. The summed E-state index contributed by atoms with van der Waals surface area (Å²) in [6, 6.07) is 9.42. The van der Waals surface area contributed by atoms with Crippen LogP contribution < -0.4 is 10.6 Å². The van der Waals surface area contributed by atoms with E-state index in [0.29, 0.717) is 32.2 Å². The molecule has 0 spiro atoms. The highest BCUT2D eigenvalue weighted by atomic mass is 16.2. The van der Waals surface area contributed by atoms with Gasteiger partial charge in [-0.2, -0.15) is 0 Å². The Kier molecular flexibility index (Phi) is 6.14. The fraction of sp³-hybridized carbons (Fsp3) is 0.571. The first-order chi connectivity index (χ1) is 13.0. The standard InChI is InChI=1S/C21H29N3O3/c1-3-14(2)22-19(25)16-9-10-17-18(13-16)23-21(27)24(20(17)26)12-11-15-7-5-4-6-8-15/h4-8,14,16-18H,3,9-13H2,1-2H3,(H,22,25)(H,23,27). The first-order valence-corrected chi connectivity index (χ1v) is 9.95. The van der Waals surface area contributed by atoms with E-state index in [1.54, 1.807) is 0 Å². The van der Waals surface area contributed by atoms with Crippen LogP contribution in [-0.4, -0.2) is 41.4 Å². The predicted octanol–water partition coefficient (Wildman–Crippen LogP) is 2.48. The molecule has 2 aliphatic rings. The maximum atomic E-state index is 12.9. The van der Waals surface area contributed by atoms with E-state index in [4.69, 9.17) is 0 Å². The molecule has 1 aromatic carbocycles. The van der Waals surface area contributed by atoms with Crippen LogP contribution in [0, 0.1) is 11.8 Å². The molecule has 146 valence electrons. The lowest BCUT2D eigenvalue weighted by atomic mass is 9.76. The van der Waals surface area contributed by atoms with E-state index in [1.165, 1.54) is 4.90 Å². The molecule has 27 heavy (non-hydrogen) atoms. The van der Waals surface area contributed by atoms with Gasteiger partial charge in [-0.25, -0.2) is 4.79 Å². The number of imide groups is 1. The van der Waals surface area contributed by atoms with Gasteiger partial charge < -0.3 is 10.6 Å². The summed E-state index contributed by atoms with van der Waals surface area (Å²) in [6.45, 7) is 4.40. The van der Waals surface area contributed by atoms with Gasteiger partial charge in [-0.05, 0) is 44.6 Å². The van der Waals surface area contributed by atoms with E-state index in [2.05, 4.69) is 10.6 Å². The van der Waals surface area contributed by atoms with Crippen molar-refractivity contribution in [1.82, 2.24) is 15.5 Å². The Morgan fingerprint density at radius 1 is 1.26 bits per heavy atom. The lowest BCUT2D eigenvalue weighted by Crippen LogP contribution is -2.62. The SMILES string of the molecule is CCC(C)NC(=O)C1CCC2C(=O)N(CCc3ccccc3)C(=O)NC2C1. The molecule has 6 nitrogen and oxygen atoms in total. The lowest BCUT2D eigenvalue weighted by molar-refractivity contribution is -0.139. The molecular weight excluding hydrogens is 342 g/mol. The molecule has 4 amide bonds. The second-order valence-corrected chi connectivity index (χ2v) is 7.72. The third-order valence-corrected chi connectivity index (χ3v) is 5.83. The van der Waals surface area contributed by atoms with Gasteiger partial charge in [0.2, 0.25) is 11.8 Å². The second kappa shape index (κ2) is 8.55. The van der Waals surface area contributed by atoms with Crippen molar-refractivity contribution in [3.8, 4) is 0 Å². The van der Waals surface area contributed by atoms with Crippen molar-refractivity contribution in [2.24, 2.45) is 11.8 Å². The van der Waals surface area contributed by atoms with E-state index >= 15 is 0 Å². The van der Waals surface area contributed by atoms with Gasteiger partial charge in [-0.1, -0.05) is 37.3 Å². The summed E-state index contributed by atoms with van der Waals surface area (Å²) in [6.07, 6.45) is 3.41. The molecule has 1 aliphatic carbocycles. The number of urea groups is 1. The number of nitrogens with zero attached hydrogens (tertiary/aromatic N) is 1. The fourth-order valence-electron chi connectivity index (χ4n) is 3.96. The Hall–Kier alpha value is -2.37. The molecule has 4 unspecified atom stereocenters. The Morgan fingerprint density at radius 2 is 2.00 bits per heavy atom. The summed E-state index contributed by atoms with van der Waals surface area (Å²) in [5.41, 5.74) is 1.10. The molecular formula is C21H29N3O3. The number of amides is 4. The Morgan fingerprint density at radius 3 is 2.70 bits per heavy atom. The van der Waals surface area contributed by atoms with Gasteiger partial charge in [0.1, 0.15) is 0 Å². The van der Waals surface area contributed by atoms with Gasteiger partial charge in [0.15, 0.2) is 0 Å². The van der Waals surface area contributed by atoms with Crippen molar-refractivity contribution in [1.29, 1.82) is 0 Å². The fourth-order valence-corrected chi connectivity index (χ4v) is 3.96. The summed E-state index contributed by atoms with van der Waals surface area (Å²) in [5.74, 6) is -0.410. The van der Waals surface area contributed by atoms with Crippen LogP contribution in [-0.2, 0) is 16.0 Å². The number of hydrogen-bond acceptors (Lipinski definition) is 3. The van der Waals surface area contributed by atoms with E-state index in [1.807, 2.05) is 44.2 Å². The molecule has 2 fully saturated rings. The number of fused-ring (bicyclic) bond motifs is 1. The van der Waals surface area contributed by atoms with E-state index in [9.17, 15) is 14.4 Å². The van der Waals surface area contributed by atoms with E-state index in [0.717, 1.165) is 12.0 Å². The van der Waals surface area contributed by atoms with Crippen LogP contribution in [0.25, 0.3) is 0 Å². The largest absolute Gasteiger partial charge is 0.353 e. The van der Waals surface area contributed by atoms with Crippen molar-refractivity contribution in [3.05, 3.63) is 35.9 Å². The lowest BCUT2D eigenvalue weighted by Gasteiger charge is -2.42. The number of rotatable bonds is 6. The normalized spacial score (nSPS) is 26.1. The molecule has 0 bridgehead atoms. The number of hydrogen-bond donors (Lipinski definition) is 2. The third-order valence-electron chi connectivity index (χ3n) is 5.83. The van der Waals surface area contributed by atoms with Crippen molar-refractivity contribution < 1.29 is 14.4 Å². The summed E-state index contributed by atoms with van der Waals surface area (Å²) < 4.78 is 0. The molecule has 1 aromatic rings. The van der Waals surface area contributed by atoms with Crippen LogP contribution in [0.4, 0.5) is 4.79 Å². The molecule has 0 radical (unpaired) electrons. The molecule has 3 rings (SSSR count). The molecule has 0 aromatic heterocycles. The highest BCUT2D eigenvalue weighted by Crippen LogP contribution is 2.33. The van der Waals surface area contributed by atoms with Crippen LogP contribution in [0.15, 0.2) is 30.3 Å². The zero-order valence-corrected chi connectivity index (χ0v) is 16.1. The predicted molar refractivity (Wildman–Crippen MR) is 103 cm³/mol. The Bertz CT molecular complexity index is 691. The van der Waals surface area contributed by atoms with Crippen LogP contribution in [0.2, 0.25) is 0 Å². The van der Waals surface area contributed by atoms with Gasteiger partial charge in [0.25, 0.3) is 0 Å². The van der Waals surface area contributed by atoms with Crippen LogP contribution >= 0.6 is 0 Å². The molecule has 1 heterocycles. The van der Waals surface area contributed by atoms with Crippen LogP contribution in [0.1, 0.15) is 45.1 Å². The van der Waals surface area contributed by atoms with Gasteiger partial charge in [-0.3, -0.25) is 14.5 Å². The average molecular weight is 371 g/mol. The summed E-state index contributed by atoms with van der Waals surface area (Å²) in [4.78, 5) is 39.1. The molecule has 6 heteroatoms. The smallest absolute Gasteiger partial charge is 0.324 e. The molecule has 4 atom stereocenters. The maximum absolute atomic E-state index is 12.9. The second-order valence-electron chi connectivity index (χ2n) is 7.72. The summed E-state index contributed by atoms with van der Waals surface area (Å²) in [7, 11) is 0. The minimum absolute atomic E-state index is 0.0380. The molecule has 1 aliphatic heterocycles. The number of carbonyl (C=O) groups excluding carboxylic acids is 3. The molecule has 2 N–H and O–H groups in total. The average Bonchev–Trinajstić information content (AvgIpc) is 2.68. The number of nitrogens with one attached hydrogen (secondary N) is 2. The number of benzene rings is 1. The highest BCUT2D eigenvalue weighted by Gasteiger charge is 2.45. The van der Waals surface area contributed by atoms with E-state index < -0.39 is 0 Å². The third kappa shape index (κ3) is 4.49. The quantitative estimate of drug-likeness (QED) is 0.806. The zero-order valence-electron chi connectivity index (χ0n) is 16.1. The van der Waals surface area contributed by atoms with Crippen LogP contribution in [0.5, 0.6) is 0 Å². The summed E-state index contributed by atoms with van der Waals surface area (Å²) >= 11 is 0. The van der Waals surface area contributed by atoms with E-state index in [-0.39, 0.29) is 41.8 Å². The summed E-state index contributed by atoms with van der Waals surface area (Å²) in [5, 5.41) is 5.99. The molecule has 1 saturated carbocycles. The van der Waals surface area contributed by atoms with Crippen molar-refractivity contribution in [3.63, 3.8) is 0 Å². The van der Waals surface area contributed by atoms with Gasteiger partial charge in [0, 0.05) is 24.5 Å². The first kappa shape index (κ1) is 19.4. The monoisotopic (exact) mass is 371 g/mol. The topological polar surface area (TPSA) is 78.5 Å². The van der Waals surface area contributed by atoms with Gasteiger partial charge in [0.05, 0.1) is 5.92 Å². The minimum atomic E-state index is -0.333. The van der Waals surface area contributed by atoms with Gasteiger partial charge in [-0.15, -0.1) is 0 Å². The zero-order chi connectivity index (χ0) is 19.4. The van der Waals surface area contributed by atoms with Crippen molar-refractivity contribution in [2.45, 2.75) is 58.0 Å². The Balaban J connectivity index is 1.59. The highest BCUT2D eigenvalue weighted by molar-refractivity contribution is 5.99. The Labute approximate surface area is 160 Å². The first-order valence-electron chi connectivity index (χ1n) is 9.95. The molecule has 1 saturated heterocycles. The number of carbonyl (C=O) groups is 3. The van der Waals surface area contributed by atoms with Gasteiger partial charge >= 0.3 is 6.03 Å².